The lowest BCUT2D eigenvalue weighted by atomic mass is 10.0. The number of anilines is 1. The van der Waals surface area contributed by atoms with E-state index in [-0.39, 0.29) is 5.91 Å². The first-order chi connectivity index (χ1) is 9.13. The van der Waals surface area contributed by atoms with Crippen molar-refractivity contribution in [1.29, 1.82) is 0 Å². The molecule has 0 saturated heterocycles. The maximum absolute atomic E-state index is 12.4. The van der Waals surface area contributed by atoms with Crippen molar-refractivity contribution in [2.75, 3.05) is 5.32 Å². The fraction of sp³-hybridized carbons (Fsp3) is 0.588. The Morgan fingerprint density at radius 3 is 2.21 bits per heavy atom. The SMILES string of the molecule is Cc1cc(C)cc(NC(=O)C2[C@@H]3[C@@H]4CC[C@H](C4)[C@@H]23)c1. The summed E-state index contributed by atoms with van der Waals surface area (Å²) in [6.07, 6.45) is 4.15. The van der Waals surface area contributed by atoms with Gasteiger partial charge in [0.05, 0.1) is 0 Å². The zero-order chi connectivity index (χ0) is 13.1. The number of nitrogens with one attached hydrogen (secondary N) is 1. The summed E-state index contributed by atoms with van der Waals surface area (Å²) < 4.78 is 0. The van der Waals surface area contributed by atoms with Gasteiger partial charge in [0.25, 0.3) is 0 Å². The van der Waals surface area contributed by atoms with E-state index < -0.39 is 0 Å². The van der Waals surface area contributed by atoms with E-state index in [1.165, 1.54) is 30.4 Å². The molecule has 3 saturated carbocycles. The Morgan fingerprint density at radius 2 is 1.63 bits per heavy atom. The Labute approximate surface area is 114 Å². The highest BCUT2D eigenvalue weighted by Gasteiger charge is 2.67. The molecular formula is C17H21NO. The van der Waals surface area contributed by atoms with Crippen LogP contribution in [0.5, 0.6) is 0 Å². The zero-order valence-electron chi connectivity index (χ0n) is 11.6. The molecule has 2 heteroatoms. The van der Waals surface area contributed by atoms with Gasteiger partial charge in [-0.1, -0.05) is 6.07 Å². The Balaban J connectivity index is 1.48. The molecule has 1 amide bonds. The zero-order valence-corrected chi connectivity index (χ0v) is 11.6. The summed E-state index contributed by atoms with van der Waals surface area (Å²) >= 11 is 0. The Hall–Kier alpha value is -1.31. The molecule has 1 aromatic rings. The van der Waals surface area contributed by atoms with Crippen LogP contribution in [0.4, 0.5) is 5.69 Å². The lowest BCUT2D eigenvalue weighted by Gasteiger charge is -2.10. The second kappa shape index (κ2) is 3.84. The van der Waals surface area contributed by atoms with E-state index in [4.69, 9.17) is 0 Å². The molecule has 100 valence electrons. The van der Waals surface area contributed by atoms with E-state index in [2.05, 4.69) is 37.4 Å². The minimum atomic E-state index is 0.275. The molecule has 3 aliphatic carbocycles. The predicted octanol–water partition coefficient (Wildman–Crippen LogP) is 3.53. The number of rotatable bonds is 2. The van der Waals surface area contributed by atoms with Gasteiger partial charge in [0.15, 0.2) is 0 Å². The van der Waals surface area contributed by atoms with Crippen molar-refractivity contribution in [3.63, 3.8) is 0 Å². The van der Waals surface area contributed by atoms with E-state index in [9.17, 15) is 4.79 Å². The molecule has 4 atom stereocenters. The van der Waals surface area contributed by atoms with Crippen LogP contribution in [0.15, 0.2) is 18.2 Å². The first-order valence-corrected chi connectivity index (χ1v) is 7.52. The minimum Gasteiger partial charge on any atom is -0.326 e. The monoisotopic (exact) mass is 255 g/mol. The third kappa shape index (κ3) is 1.73. The average Bonchev–Trinajstić information content (AvgIpc) is 2.78. The molecule has 19 heavy (non-hydrogen) atoms. The lowest BCUT2D eigenvalue weighted by Crippen LogP contribution is -2.18. The Kier molecular flexibility index (Phi) is 2.33. The van der Waals surface area contributed by atoms with E-state index in [0.717, 1.165) is 29.4 Å². The van der Waals surface area contributed by atoms with Gasteiger partial charge < -0.3 is 5.32 Å². The minimum absolute atomic E-state index is 0.275. The lowest BCUT2D eigenvalue weighted by molar-refractivity contribution is -0.118. The third-order valence-corrected chi connectivity index (χ3v) is 5.53. The molecule has 0 radical (unpaired) electrons. The summed E-state index contributed by atoms with van der Waals surface area (Å²) in [7, 11) is 0. The number of amides is 1. The van der Waals surface area contributed by atoms with E-state index in [0.29, 0.717) is 5.92 Å². The highest BCUT2D eigenvalue weighted by molar-refractivity contribution is 5.95. The number of aryl methyl sites for hydroxylation is 2. The topological polar surface area (TPSA) is 29.1 Å². The maximum Gasteiger partial charge on any atom is 0.228 e. The fourth-order valence-electron chi connectivity index (χ4n) is 4.95. The van der Waals surface area contributed by atoms with Gasteiger partial charge in [-0.15, -0.1) is 0 Å². The molecule has 4 rings (SSSR count). The number of benzene rings is 1. The molecular weight excluding hydrogens is 234 g/mol. The van der Waals surface area contributed by atoms with Crippen molar-refractivity contribution in [3.8, 4) is 0 Å². The van der Waals surface area contributed by atoms with Crippen LogP contribution in [0.1, 0.15) is 30.4 Å². The van der Waals surface area contributed by atoms with Gasteiger partial charge >= 0.3 is 0 Å². The number of carbonyl (C=O) groups excluding carboxylic acids is 1. The molecule has 0 heterocycles. The smallest absolute Gasteiger partial charge is 0.228 e. The van der Waals surface area contributed by atoms with Crippen LogP contribution in [0.3, 0.4) is 0 Å². The first kappa shape index (κ1) is 11.5. The van der Waals surface area contributed by atoms with Crippen LogP contribution in [-0.2, 0) is 4.79 Å². The first-order valence-electron chi connectivity index (χ1n) is 7.52. The second-order valence-electron chi connectivity index (χ2n) is 6.88. The quantitative estimate of drug-likeness (QED) is 0.860. The van der Waals surface area contributed by atoms with Gasteiger partial charge in [-0.05, 0) is 80.0 Å². The van der Waals surface area contributed by atoms with Crippen LogP contribution < -0.4 is 5.32 Å². The standard InChI is InChI=1S/C17H21NO/c1-9-5-10(2)7-13(6-9)18-17(19)16-14-11-3-4-12(8-11)15(14)16/h5-7,11-12,14-16H,3-4,8H2,1-2H3,(H,18,19)/t11-,12-,14-,15-/m1/s1. The summed E-state index contributed by atoms with van der Waals surface area (Å²) in [6, 6.07) is 6.27. The van der Waals surface area contributed by atoms with E-state index in [1.807, 2.05) is 0 Å². The number of hydrogen-bond donors (Lipinski definition) is 1. The molecule has 3 fully saturated rings. The fourth-order valence-corrected chi connectivity index (χ4v) is 4.95. The van der Waals surface area contributed by atoms with Crippen LogP contribution in [-0.4, -0.2) is 5.91 Å². The van der Waals surface area contributed by atoms with E-state index >= 15 is 0 Å². The molecule has 0 spiro atoms. The van der Waals surface area contributed by atoms with Gasteiger partial charge in [-0.2, -0.15) is 0 Å². The average molecular weight is 255 g/mol. The molecule has 0 unspecified atom stereocenters. The highest BCUT2D eigenvalue weighted by atomic mass is 16.2. The second-order valence-corrected chi connectivity index (χ2v) is 6.88. The van der Waals surface area contributed by atoms with Crippen molar-refractivity contribution < 1.29 is 4.79 Å². The summed E-state index contributed by atoms with van der Waals surface area (Å²) in [6.45, 7) is 4.16. The number of carbonyl (C=O) groups is 1. The molecule has 2 nitrogen and oxygen atoms in total. The van der Waals surface area contributed by atoms with Gasteiger partial charge in [0.1, 0.15) is 0 Å². The van der Waals surface area contributed by atoms with Crippen molar-refractivity contribution in [2.24, 2.45) is 29.6 Å². The molecule has 0 aromatic heterocycles. The Morgan fingerprint density at radius 1 is 1.05 bits per heavy atom. The third-order valence-electron chi connectivity index (χ3n) is 5.53. The van der Waals surface area contributed by atoms with Crippen molar-refractivity contribution in [2.45, 2.75) is 33.1 Å². The maximum atomic E-state index is 12.4. The van der Waals surface area contributed by atoms with Gasteiger partial charge in [0, 0.05) is 11.6 Å². The summed E-state index contributed by atoms with van der Waals surface area (Å²) in [5.74, 6) is 3.79. The number of fused-ring (bicyclic) bond motifs is 5. The Bertz CT molecular complexity index is 514. The molecule has 1 N–H and O–H groups in total. The van der Waals surface area contributed by atoms with Crippen LogP contribution in [0.2, 0.25) is 0 Å². The van der Waals surface area contributed by atoms with Crippen LogP contribution >= 0.6 is 0 Å². The summed E-state index contributed by atoms with van der Waals surface area (Å²) in [5.41, 5.74) is 3.40. The summed E-state index contributed by atoms with van der Waals surface area (Å²) in [5, 5.41) is 3.14. The molecule has 0 aliphatic heterocycles. The predicted molar refractivity (Wildman–Crippen MR) is 75.8 cm³/mol. The molecule has 2 bridgehead atoms. The van der Waals surface area contributed by atoms with Gasteiger partial charge in [-0.25, -0.2) is 0 Å². The largest absolute Gasteiger partial charge is 0.326 e. The van der Waals surface area contributed by atoms with Gasteiger partial charge in [-0.3, -0.25) is 4.79 Å². The highest BCUT2D eigenvalue weighted by Crippen LogP contribution is 2.69. The van der Waals surface area contributed by atoms with Gasteiger partial charge in [0.2, 0.25) is 5.91 Å². The van der Waals surface area contributed by atoms with Crippen molar-refractivity contribution >= 4 is 11.6 Å². The molecule has 3 aliphatic rings. The van der Waals surface area contributed by atoms with E-state index in [1.54, 1.807) is 0 Å². The summed E-state index contributed by atoms with van der Waals surface area (Å²) in [4.78, 5) is 12.4. The van der Waals surface area contributed by atoms with Crippen molar-refractivity contribution in [3.05, 3.63) is 29.3 Å². The van der Waals surface area contributed by atoms with Crippen molar-refractivity contribution in [1.82, 2.24) is 0 Å². The number of hydrogen-bond acceptors (Lipinski definition) is 1. The molecule has 1 aromatic carbocycles. The van der Waals surface area contributed by atoms with Crippen LogP contribution in [0.25, 0.3) is 0 Å². The van der Waals surface area contributed by atoms with Crippen LogP contribution in [0, 0.1) is 43.4 Å². The normalized spacial score (nSPS) is 38.1.